The zero-order valence-corrected chi connectivity index (χ0v) is 14.5. The van der Waals surface area contributed by atoms with Crippen molar-refractivity contribution in [1.29, 1.82) is 0 Å². The van der Waals surface area contributed by atoms with Gasteiger partial charge in [0.2, 0.25) is 10.0 Å². The lowest BCUT2D eigenvalue weighted by molar-refractivity contribution is 0.402. The van der Waals surface area contributed by atoms with Crippen LogP contribution in [0, 0.1) is 0 Å². The third-order valence-electron chi connectivity index (χ3n) is 3.61. The van der Waals surface area contributed by atoms with Crippen LogP contribution in [0.2, 0.25) is 0 Å². The van der Waals surface area contributed by atoms with Crippen LogP contribution < -0.4 is 9.46 Å². The van der Waals surface area contributed by atoms with Crippen molar-refractivity contribution in [3.05, 3.63) is 61.1 Å². The maximum absolute atomic E-state index is 12.4. The molecule has 0 spiro atoms. The van der Waals surface area contributed by atoms with E-state index >= 15 is 0 Å². The quantitative estimate of drug-likeness (QED) is 0.697. The number of sulfonamides is 1. The molecule has 0 fully saturated rings. The molecular formula is C17H18N4O3S. The van der Waals surface area contributed by atoms with Crippen molar-refractivity contribution in [2.24, 2.45) is 0 Å². The number of benzene rings is 1. The molecule has 0 atom stereocenters. The summed E-state index contributed by atoms with van der Waals surface area (Å²) < 4.78 is 34.2. The maximum Gasteiger partial charge on any atom is 0.244 e. The summed E-state index contributed by atoms with van der Waals surface area (Å²) in [5, 5.41) is 4.44. The van der Waals surface area contributed by atoms with Gasteiger partial charge in [-0.2, -0.15) is 5.10 Å². The topological polar surface area (TPSA) is 86.1 Å². The number of nitrogens with zero attached hydrogens (tertiary/aromatic N) is 3. The van der Waals surface area contributed by atoms with Crippen molar-refractivity contribution in [1.82, 2.24) is 19.5 Å². The van der Waals surface area contributed by atoms with Crippen LogP contribution in [0.15, 0.2) is 66.0 Å². The van der Waals surface area contributed by atoms with E-state index in [9.17, 15) is 8.42 Å². The highest BCUT2D eigenvalue weighted by Crippen LogP contribution is 2.22. The Bertz CT molecular complexity index is 939. The van der Waals surface area contributed by atoms with Crippen LogP contribution in [0.4, 0.5) is 0 Å². The summed E-state index contributed by atoms with van der Waals surface area (Å²) >= 11 is 0. The summed E-state index contributed by atoms with van der Waals surface area (Å²) in [6, 6.07) is 12.1. The first-order chi connectivity index (χ1) is 12.1. The van der Waals surface area contributed by atoms with Crippen molar-refractivity contribution in [3.8, 4) is 17.0 Å². The molecule has 0 radical (unpaired) electrons. The highest BCUT2D eigenvalue weighted by Gasteiger charge is 2.18. The molecule has 3 aromatic rings. The first kappa shape index (κ1) is 17.1. The lowest BCUT2D eigenvalue weighted by atomic mass is 10.2. The zero-order valence-electron chi connectivity index (χ0n) is 13.7. The van der Waals surface area contributed by atoms with Crippen LogP contribution in [0.3, 0.4) is 0 Å². The normalized spacial score (nSPS) is 11.4. The fourth-order valence-corrected chi connectivity index (χ4v) is 3.57. The minimum absolute atomic E-state index is 0.121. The van der Waals surface area contributed by atoms with Crippen LogP contribution in [-0.2, 0) is 16.6 Å². The minimum Gasteiger partial charge on any atom is -0.495 e. The lowest BCUT2D eigenvalue weighted by Gasteiger charge is -2.10. The van der Waals surface area contributed by atoms with E-state index < -0.39 is 10.0 Å². The molecule has 2 aromatic heterocycles. The van der Waals surface area contributed by atoms with Crippen LogP contribution >= 0.6 is 0 Å². The molecule has 8 heteroatoms. The van der Waals surface area contributed by atoms with Gasteiger partial charge >= 0.3 is 0 Å². The third kappa shape index (κ3) is 4.04. The van der Waals surface area contributed by atoms with Crippen LogP contribution in [0.1, 0.15) is 0 Å². The summed E-state index contributed by atoms with van der Waals surface area (Å²) in [5.74, 6) is 0.314. The van der Waals surface area contributed by atoms with Crippen molar-refractivity contribution in [2.45, 2.75) is 11.4 Å². The van der Waals surface area contributed by atoms with Gasteiger partial charge in [0.1, 0.15) is 10.6 Å². The molecule has 1 N–H and O–H groups in total. The molecule has 0 bridgehead atoms. The lowest BCUT2D eigenvalue weighted by Crippen LogP contribution is -2.28. The molecule has 0 saturated carbocycles. The first-order valence-electron chi connectivity index (χ1n) is 7.67. The van der Waals surface area contributed by atoms with E-state index in [1.807, 2.05) is 24.4 Å². The average molecular weight is 358 g/mol. The summed E-state index contributed by atoms with van der Waals surface area (Å²) in [7, 11) is -2.20. The Balaban J connectivity index is 1.64. The van der Waals surface area contributed by atoms with E-state index in [0.29, 0.717) is 12.3 Å². The van der Waals surface area contributed by atoms with Crippen molar-refractivity contribution >= 4 is 10.0 Å². The van der Waals surface area contributed by atoms with Crippen LogP contribution in [0.25, 0.3) is 11.3 Å². The number of hydrogen-bond donors (Lipinski definition) is 1. The van der Waals surface area contributed by atoms with Gasteiger partial charge in [0.25, 0.3) is 0 Å². The molecule has 1 aromatic carbocycles. The van der Waals surface area contributed by atoms with E-state index in [1.165, 1.54) is 13.2 Å². The van der Waals surface area contributed by atoms with Crippen LogP contribution in [-0.4, -0.2) is 36.8 Å². The Morgan fingerprint density at radius 3 is 2.64 bits per heavy atom. The smallest absolute Gasteiger partial charge is 0.244 e. The average Bonchev–Trinajstić information content (AvgIpc) is 3.11. The number of pyridine rings is 1. The Hall–Kier alpha value is -2.71. The van der Waals surface area contributed by atoms with Gasteiger partial charge in [-0.25, -0.2) is 13.1 Å². The fraction of sp³-hybridized carbons (Fsp3) is 0.176. The van der Waals surface area contributed by atoms with Gasteiger partial charge < -0.3 is 4.74 Å². The number of aromatic nitrogens is 3. The van der Waals surface area contributed by atoms with Gasteiger partial charge in [0.05, 0.1) is 19.3 Å². The van der Waals surface area contributed by atoms with Crippen molar-refractivity contribution < 1.29 is 13.2 Å². The Labute approximate surface area is 146 Å². The van der Waals surface area contributed by atoms with Crippen molar-refractivity contribution in [2.75, 3.05) is 13.7 Å². The molecule has 0 saturated heterocycles. The van der Waals surface area contributed by atoms with Gasteiger partial charge in [-0.15, -0.1) is 0 Å². The van der Waals surface area contributed by atoms with E-state index in [-0.39, 0.29) is 11.4 Å². The summed E-state index contributed by atoms with van der Waals surface area (Å²) in [6.45, 7) is 0.636. The largest absolute Gasteiger partial charge is 0.495 e. The molecule has 130 valence electrons. The predicted molar refractivity (Wildman–Crippen MR) is 93.6 cm³/mol. The third-order valence-corrected chi connectivity index (χ3v) is 5.11. The molecule has 0 unspecified atom stereocenters. The Kier molecular flexibility index (Phi) is 5.11. The van der Waals surface area contributed by atoms with E-state index in [1.54, 1.807) is 35.3 Å². The summed E-state index contributed by atoms with van der Waals surface area (Å²) in [6.07, 6.45) is 5.22. The number of nitrogens with one attached hydrogen (secondary N) is 1. The Morgan fingerprint density at radius 2 is 1.88 bits per heavy atom. The first-order valence-corrected chi connectivity index (χ1v) is 9.15. The molecule has 25 heavy (non-hydrogen) atoms. The number of methoxy groups -OCH3 is 1. The van der Waals surface area contributed by atoms with Gasteiger partial charge in [0, 0.05) is 30.7 Å². The van der Waals surface area contributed by atoms with Gasteiger partial charge in [-0.05, 0) is 30.3 Å². The number of para-hydroxylation sites is 1. The Morgan fingerprint density at radius 1 is 1.12 bits per heavy atom. The van der Waals surface area contributed by atoms with E-state index in [4.69, 9.17) is 4.74 Å². The fourth-order valence-electron chi connectivity index (χ4n) is 2.38. The molecule has 2 heterocycles. The molecule has 7 nitrogen and oxygen atoms in total. The van der Waals surface area contributed by atoms with E-state index in [0.717, 1.165) is 11.3 Å². The van der Waals surface area contributed by atoms with Crippen LogP contribution in [0.5, 0.6) is 5.75 Å². The second-order valence-corrected chi connectivity index (χ2v) is 6.98. The van der Waals surface area contributed by atoms with Gasteiger partial charge in [-0.3, -0.25) is 9.67 Å². The standard InChI is InChI=1S/C17H18N4O3S/c1-24-16-4-2-3-5-17(16)25(22,23)19-11-13-21-12-8-15(20-21)14-6-9-18-10-7-14/h2-10,12,19H,11,13H2,1H3. The SMILES string of the molecule is COc1ccccc1S(=O)(=O)NCCn1ccc(-c2ccncc2)n1. The molecule has 0 amide bonds. The summed E-state index contributed by atoms with van der Waals surface area (Å²) in [4.78, 5) is 4.10. The second kappa shape index (κ2) is 7.45. The predicted octanol–water partition coefficient (Wildman–Crippen LogP) is 1.93. The van der Waals surface area contributed by atoms with Gasteiger partial charge in [-0.1, -0.05) is 12.1 Å². The number of rotatable bonds is 7. The molecule has 3 rings (SSSR count). The molecule has 0 aliphatic carbocycles. The second-order valence-electron chi connectivity index (χ2n) is 5.25. The highest BCUT2D eigenvalue weighted by molar-refractivity contribution is 7.89. The number of hydrogen-bond acceptors (Lipinski definition) is 5. The minimum atomic E-state index is -3.64. The van der Waals surface area contributed by atoms with Crippen molar-refractivity contribution in [3.63, 3.8) is 0 Å². The molecule has 0 aliphatic rings. The molecular weight excluding hydrogens is 340 g/mol. The monoisotopic (exact) mass is 358 g/mol. The molecule has 0 aliphatic heterocycles. The maximum atomic E-state index is 12.4. The number of ether oxygens (including phenoxy) is 1. The van der Waals surface area contributed by atoms with Gasteiger partial charge in [0.15, 0.2) is 0 Å². The summed E-state index contributed by atoms with van der Waals surface area (Å²) in [5.41, 5.74) is 1.78. The zero-order chi connectivity index (χ0) is 17.7. The highest BCUT2D eigenvalue weighted by atomic mass is 32.2. The van der Waals surface area contributed by atoms with E-state index in [2.05, 4.69) is 14.8 Å².